The number of hydrogen-bond acceptors (Lipinski definition) is 4. The van der Waals surface area contributed by atoms with Gasteiger partial charge in [0.2, 0.25) is 11.9 Å². The standard InChI is InChI=1S/C13H13N5O/c1-8-7-18(13(14)16-8)15-6-9-2-3-11-10(4-9)5-12(19)17-11/h2-4,6-7H,5H2,1H3,(H2,14,16)(H,17,19). The van der Waals surface area contributed by atoms with Crippen molar-refractivity contribution in [3.8, 4) is 0 Å². The fourth-order valence-corrected chi connectivity index (χ4v) is 2.05. The molecule has 0 unspecified atom stereocenters. The molecule has 1 aromatic heterocycles. The molecule has 0 spiro atoms. The van der Waals surface area contributed by atoms with Crippen LogP contribution in [0.25, 0.3) is 0 Å². The molecule has 2 heterocycles. The third kappa shape index (κ3) is 2.20. The number of nitrogens with one attached hydrogen (secondary N) is 1. The molecule has 2 aromatic rings. The number of aromatic nitrogens is 2. The summed E-state index contributed by atoms with van der Waals surface area (Å²) in [6.45, 7) is 1.86. The summed E-state index contributed by atoms with van der Waals surface area (Å²) >= 11 is 0. The molecule has 0 fully saturated rings. The molecular formula is C13H13N5O. The maximum Gasteiger partial charge on any atom is 0.228 e. The van der Waals surface area contributed by atoms with E-state index in [2.05, 4.69) is 15.4 Å². The van der Waals surface area contributed by atoms with Crippen LogP contribution in [0.5, 0.6) is 0 Å². The van der Waals surface area contributed by atoms with Gasteiger partial charge in [-0.15, -0.1) is 0 Å². The number of hydrogen-bond donors (Lipinski definition) is 2. The molecule has 1 amide bonds. The number of carbonyl (C=O) groups excluding carboxylic acids is 1. The summed E-state index contributed by atoms with van der Waals surface area (Å²) in [6.07, 6.45) is 3.87. The molecule has 1 aliphatic heterocycles. The van der Waals surface area contributed by atoms with Crippen molar-refractivity contribution in [1.82, 2.24) is 9.66 Å². The largest absolute Gasteiger partial charge is 0.368 e. The van der Waals surface area contributed by atoms with Crippen LogP contribution in [0, 0.1) is 6.92 Å². The topological polar surface area (TPSA) is 85.3 Å². The Kier molecular flexibility index (Phi) is 2.56. The minimum Gasteiger partial charge on any atom is -0.368 e. The van der Waals surface area contributed by atoms with Crippen LogP contribution in [0.3, 0.4) is 0 Å². The van der Waals surface area contributed by atoms with Crippen molar-refractivity contribution in [1.29, 1.82) is 0 Å². The number of aryl methyl sites for hydroxylation is 1. The molecule has 0 radical (unpaired) electrons. The average Bonchev–Trinajstić information content (AvgIpc) is 2.87. The van der Waals surface area contributed by atoms with Crippen molar-refractivity contribution in [2.45, 2.75) is 13.3 Å². The Morgan fingerprint density at radius 3 is 3.11 bits per heavy atom. The molecular weight excluding hydrogens is 242 g/mol. The van der Waals surface area contributed by atoms with Gasteiger partial charge in [0.05, 0.1) is 24.5 Å². The van der Waals surface area contributed by atoms with E-state index in [9.17, 15) is 4.79 Å². The number of anilines is 2. The van der Waals surface area contributed by atoms with E-state index >= 15 is 0 Å². The highest BCUT2D eigenvalue weighted by Gasteiger charge is 2.16. The first kappa shape index (κ1) is 11.5. The van der Waals surface area contributed by atoms with Gasteiger partial charge in [0.15, 0.2) is 0 Å². The number of benzene rings is 1. The molecule has 3 N–H and O–H groups in total. The summed E-state index contributed by atoms with van der Waals surface area (Å²) < 4.78 is 1.52. The Balaban J connectivity index is 1.86. The van der Waals surface area contributed by atoms with E-state index in [1.54, 1.807) is 12.4 Å². The van der Waals surface area contributed by atoms with Gasteiger partial charge >= 0.3 is 0 Å². The highest BCUT2D eigenvalue weighted by molar-refractivity contribution is 6.00. The monoisotopic (exact) mass is 255 g/mol. The van der Waals surface area contributed by atoms with Gasteiger partial charge in [-0.05, 0) is 30.2 Å². The predicted molar refractivity (Wildman–Crippen MR) is 73.1 cm³/mol. The number of nitrogen functional groups attached to an aromatic ring is 1. The van der Waals surface area contributed by atoms with Gasteiger partial charge in [-0.1, -0.05) is 6.07 Å². The second kappa shape index (κ2) is 4.24. The van der Waals surface area contributed by atoms with Gasteiger partial charge in [0.1, 0.15) is 0 Å². The van der Waals surface area contributed by atoms with E-state index in [-0.39, 0.29) is 5.91 Å². The molecule has 6 nitrogen and oxygen atoms in total. The summed E-state index contributed by atoms with van der Waals surface area (Å²) in [4.78, 5) is 15.3. The summed E-state index contributed by atoms with van der Waals surface area (Å²) in [6, 6.07) is 5.72. The molecule has 0 saturated carbocycles. The number of fused-ring (bicyclic) bond motifs is 1. The summed E-state index contributed by atoms with van der Waals surface area (Å²) in [5.74, 6) is 0.380. The number of amides is 1. The van der Waals surface area contributed by atoms with Crippen molar-refractivity contribution in [2.24, 2.45) is 5.10 Å². The quantitative estimate of drug-likeness (QED) is 0.789. The zero-order valence-corrected chi connectivity index (χ0v) is 10.4. The lowest BCUT2D eigenvalue weighted by Crippen LogP contribution is -2.03. The summed E-state index contributed by atoms with van der Waals surface area (Å²) in [5, 5.41) is 7.03. The zero-order valence-electron chi connectivity index (χ0n) is 10.4. The highest BCUT2D eigenvalue weighted by atomic mass is 16.1. The first-order valence-electron chi connectivity index (χ1n) is 5.90. The number of nitrogens with two attached hydrogens (primary N) is 1. The van der Waals surface area contributed by atoms with Crippen molar-refractivity contribution in [2.75, 3.05) is 11.1 Å². The van der Waals surface area contributed by atoms with Gasteiger partial charge < -0.3 is 11.1 Å². The Bertz CT molecular complexity index is 686. The maximum atomic E-state index is 11.3. The Morgan fingerprint density at radius 1 is 1.53 bits per heavy atom. The van der Waals surface area contributed by atoms with E-state index in [1.165, 1.54) is 4.68 Å². The van der Waals surface area contributed by atoms with Crippen LogP contribution < -0.4 is 11.1 Å². The van der Waals surface area contributed by atoms with Gasteiger partial charge in [0, 0.05) is 5.69 Å². The van der Waals surface area contributed by atoms with Crippen LogP contribution in [0.2, 0.25) is 0 Å². The lowest BCUT2D eigenvalue weighted by Gasteiger charge is -1.99. The molecule has 19 heavy (non-hydrogen) atoms. The zero-order chi connectivity index (χ0) is 13.4. The predicted octanol–water partition coefficient (Wildman–Crippen LogP) is 1.15. The molecule has 96 valence electrons. The Morgan fingerprint density at radius 2 is 2.37 bits per heavy atom. The lowest BCUT2D eigenvalue weighted by molar-refractivity contribution is -0.115. The molecule has 1 aromatic carbocycles. The van der Waals surface area contributed by atoms with Crippen LogP contribution in [-0.4, -0.2) is 21.8 Å². The summed E-state index contributed by atoms with van der Waals surface area (Å²) in [7, 11) is 0. The Hall–Kier alpha value is -2.63. The van der Waals surface area contributed by atoms with Crippen molar-refractivity contribution < 1.29 is 4.79 Å². The molecule has 0 atom stereocenters. The van der Waals surface area contributed by atoms with Crippen LogP contribution >= 0.6 is 0 Å². The first-order chi connectivity index (χ1) is 9.11. The van der Waals surface area contributed by atoms with E-state index in [0.717, 1.165) is 22.5 Å². The normalized spacial score (nSPS) is 13.8. The minimum absolute atomic E-state index is 0.0265. The van der Waals surface area contributed by atoms with Gasteiger partial charge in [-0.3, -0.25) is 4.79 Å². The molecule has 0 aliphatic carbocycles. The maximum absolute atomic E-state index is 11.3. The van der Waals surface area contributed by atoms with Crippen molar-refractivity contribution in [3.63, 3.8) is 0 Å². The second-order valence-electron chi connectivity index (χ2n) is 4.47. The van der Waals surface area contributed by atoms with Crippen LogP contribution in [0.15, 0.2) is 29.5 Å². The third-order valence-electron chi connectivity index (χ3n) is 2.92. The van der Waals surface area contributed by atoms with Gasteiger partial charge in [0.25, 0.3) is 0 Å². The van der Waals surface area contributed by atoms with E-state index < -0.39 is 0 Å². The van der Waals surface area contributed by atoms with E-state index in [0.29, 0.717) is 12.4 Å². The number of imidazole rings is 1. The number of carbonyl (C=O) groups is 1. The first-order valence-corrected chi connectivity index (χ1v) is 5.90. The van der Waals surface area contributed by atoms with Gasteiger partial charge in [-0.25, -0.2) is 9.66 Å². The lowest BCUT2D eigenvalue weighted by atomic mass is 10.1. The van der Waals surface area contributed by atoms with E-state index in [1.807, 2.05) is 25.1 Å². The van der Waals surface area contributed by atoms with Crippen molar-refractivity contribution in [3.05, 3.63) is 41.2 Å². The molecule has 0 bridgehead atoms. The fourth-order valence-electron chi connectivity index (χ4n) is 2.05. The van der Waals surface area contributed by atoms with Gasteiger partial charge in [-0.2, -0.15) is 5.10 Å². The van der Waals surface area contributed by atoms with Crippen LogP contribution in [0.1, 0.15) is 16.8 Å². The molecule has 1 aliphatic rings. The molecule has 6 heteroatoms. The molecule has 0 saturated heterocycles. The smallest absolute Gasteiger partial charge is 0.228 e. The highest BCUT2D eigenvalue weighted by Crippen LogP contribution is 2.23. The molecule has 3 rings (SSSR count). The fraction of sp³-hybridized carbons (Fsp3) is 0.154. The third-order valence-corrected chi connectivity index (χ3v) is 2.92. The Labute approximate surface area is 109 Å². The van der Waals surface area contributed by atoms with Crippen LogP contribution in [-0.2, 0) is 11.2 Å². The summed E-state index contributed by atoms with van der Waals surface area (Å²) in [5.41, 5.74) is 9.30. The number of nitrogens with zero attached hydrogens (tertiary/aromatic N) is 3. The van der Waals surface area contributed by atoms with Crippen LogP contribution in [0.4, 0.5) is 11.6 Å². The SMILES string of the molecule is Cc1cn(N=Cc2ccc3c(c2)CC(=O)N3)c(N)n1. The second-order valence-corrected chi connectivity index (χ2v) is 4.47. The van der Waals surface area contributed by atoms with E-state index in [4.69, 9.17) is 5.73 Å². The average molecular weight is 255 g/mol. The van der Waals surface area contributed by atoms with Crippen molar-refractivity contribution >= 4 is 23.8 Å². The minimum atomic E-state index is 0.0265. The number of rotatable bonds is 2.